The van der Waals surface area contributed by atoms with Gasteiger partial charge in [0.2, 0.25) is 11.8 Å². The molecule has 1 saturated carbocycles. The molecule has 0 spiro atoms. The van der Waals surface area contributed by atoms with Crippen LogP contribution in [0.2, 0.25) is 0 Å². The lowest BCUT2D eigenvalue weighted by molar-refractivity contribution is -0.156. The van der Waals surface area contributed by atoms with Crippen LogP contribution in [0, 0.1) is 16.2 Å². The number of hydrogen-bond acceptors (Lipinski definition) is 4. The second-order valence-corrected chi connectivity index (χ2v) is 11.9. The summed E-state index contributed by atoms with van der Waals surface area (Å²) in [5.41, 5.74) is 5.29. The third-order valence-corrected chi connectivity index (χ3v) is 7.54. The van der Waals surface area contributed by atoms with Crippen molar-refractivity contribution in [2.24, 2.45) is 22.0 Å². The topological polar surface area (TPSA) is 104 Å². The molecule has 0 radical (unpaired) electrons. The number of benzene rings is 2. The highest BCUT2D eigenvalue weighted by atomic mass is 16.3. The molecule has 6 heteroatoms. The van der Waals surface area contributed by atoms with Gasteiger partial charge in [0.25, 0.3) is 0 Å². The first-order chi connectivity index (χ1) is 16.3. The quantitative estimate of drug-likeness (QED) is 0.501. The smallest absolute Gasteiger partial charge is 0.240 e. The van der Waals surface area contributed by atoms with Crippen molar-refractivity contribution in [3.8, 4) is 0 Å². The molecule has 1 aliphatic rings. The van der Waals surface area contributed by atoms with Gasteiger partial charge in [-0.1, -0.05) is 102 Å². The molecular formula is C29H40N2O4. The summed E-state index contributed by atoms with van der Waals surface area (Å²) in [6, 6.07) is 17.8. The molecule has 4 N–H and O–H groups in total. The molecule has 0 saturated heterocycles. The Morgan fingerprint density at radius 2 is 1.14 bits per heavy atom. The SMILES string of the molecule is CC(C)(C)[C@H](CO)N(C(=O)C1(C(N)=O)[C@@H](c2ccccc2)[C@@H]1c1ccccc1)[C@@H](CO)C(C)(C)C. The van der Waals surface area contributed by atoms with Crippen LogP contribution in [0.4, 0.5) is 0 Å². The van der Waals surface area contributed by atoms with Gasteiger partial charge in [0.1, 0.15) is 5.41 Å². The summed E-state index contributed by atoms with van der Waals surface area (Å²) in [5.74, 6) is -2.02. The van der Waals surface area contributed by atoms with Crippen molar-refractivity contribution in [1.82, 2.24) is 4.90 Å². The van der Waals surface area contributed by atoms with E-state index in [-0.39, 0.29) is 13.2 Å². The summed E-state index contributed by atoms with van der Waals surface area (Å²) in [6.45, 7) is 11.1. The van der Waals surface area contributed by atoms with E-state index in [4.69, 9.17) is 5.73 Å². The Hall–Kier alpha value is -2.70. The molecule has 0 unspecified atom stereocenters. The lowest BCUT2D eigenvalue weighted by atomic mass is 9.78. The highest BCUT2D eigenvalue weighted by Crippen LogP contribution is 2.71. The van der Waals surface area contributed by atoms with Crippen molar-refractivity contribution >= 4 is 11.8 Å². The number of hydrogen-bond donors (Lipinski definition) is 3. The van der Waals surface area contributed by atoms with Crippen molar-refractivity contribution in [2.45, 2.75) is 65.5 Å². The minimum absolute atomic E-state index is 0.303. The van der Waals surface area contributed by atoms with Crippen LogP contribution in [0.3, 0.4) is 0 Å². The monoisotopic (exact) mass is 480 g/mol. The maximum absolute atomic E-state index is 14.7. The first kappa shape index (κ1) is 26.9. The van der Waals surface area contributed by atoms with E-state index >= 15 is 0 Å². The van der Waals surface area contributed by atoms with Gasteiger partial charge in [0, 0.05) is 11.8 Å². The summed E-state index contributed by atoms with van der Waals surface area (Å²) in [7, 11) is 0. The fourth-order valence-electron chi connectivity index (χ4n) is 5.57. The van der Waals surface area contributed by atoms with Gasteiger partial charge in [-0.3, -0.25) is 9.59 Å². The van der Waals surface area contributed by atoms with Crippen LogP contribution in [0.25, 0.3) is 0 Å². The number of nitrogens with two attached hydrogens (primary N) is 1. The Morgan fingerprint density at radius 1 is 0.800 bits per heavy atom. The number of carbonyl (C=O) groups excluding carboxylic acids is 2. The van der Waals surface area contributed by atoms with Crippen LogP contribution in [-0.4, -0.2) is 52.2 Å². The predicted octanol–water partition coefficient (Wildman–Crippen LogP) is 3.68. The number of carbonyl (C=O) groups is 2. The zero-order valence-electron chi connectivity index (χ0n) is 21.7. The van der Waals surface area contributed by atoms with Gasteiger partial charge in [-0.25, -0.2) is 0 Å². The van der Waals surface area contributed by atoms with Crippen molar-refractivity contribution in [3.05, 3.63) is 71.8 Å². The first-order valence-electron chi connectivity index (χ1n) is 12.3. The molecule has 6 nitrogen and oxygen atoms in total. The minimum atomic E-state index is -1.53. The molecule has 1 fully saturated rings. The first-order valence-corrected chi connectivity index (χ1v) is 12.3. The van der Waals surface area contributed by atoms with Crippen LogP contribution in [0.5, 0.6) is 0 Å². The lowest BCUT2D eigenvalue weighted by Gasteiger charge is -2.48. The van der Waals surface area contributed by atoms with Gasteiger partial charge in [-0.15, -0.1) is 0 Å². The molecule has 0 heterocycles. The van der Waals surface area contributed by atoms with Gasteiger partial charge in [0.05, 0.1) is 25.3 Å². The Balaban J connectivity index is 2.26. The van der Waals surface area contributed by atoms with E-state index in [1.54, 1.807) is 4.90 Å². The number of amides is 2. The van der Waals surface area contributed by atoms with Crippen LogP contribution >= 0.6 is 0 Å². The number of primary amides is 1. The third-order valence-electron chi connectivity index (χ3n) is 7.54. The largest absolute Gasteiger partial charge is 0.394 e. The summed E-state index contributed by atoms with van der Waals surface area (Å²) in [5, 5.41) is 21.0. The summed E-state index contributed by atoms with van der Waals surface area (Å²) in [4.78, 5) is 29.7. The van der Waals surface area contributed by atoms with E-state index < -0.39 is 52.0 Å². The Kier molecular flexibility index (Phi) is 7.49. The summed E-state index contributed by atoms with van der Waals surface area (Å²) < 4.78 is 0. The van der Waals surface area contributed by atoms with E-state index in [2.05, 4.69) is 0 Å². The van der Waals surface area contributed by atoms with Crippen LogP contribution in [-0.2, 0) is 9.59 Å². The molecule has 0 aliphatic heterocycles. The van der Waals surface area contributed by atoms with Gasteiger partial charge >= 0.3 is 0 Å². The van der Waals surface area contributed by atoms with Crippen LogP contribution < -0.4 is 5.73 Å². The highest BCUT2D eigenvalue weighted by molar-refractivity contribution is 6.11. The normalized spacial score (nSPS) is 23.9. The van der Waals surface area contributed by atoms with Gasteiger partial charge in [-0.2, -0.15) is 0 Å². The highest BCUT2D eigenvalue weighted by Gasteiger charge is 2.75. The molecule has 35 heavy (non-hydrogen) atoms. The fraction of sp³-hybridized carbons (Fsp3) is 0.517. The number of aliphatic hydroxyl groups excluding tert-OH is 2. The molecule has 4 atom stereocenters. The van der Waals surface area contributed by atoms with E-state index in [0.29, 0.717) is 0 Å². The molecule has 1 aliphatic carbocycles. The molecule has 0 bridgehead atoms. The molecular weight excluding hydrogens is 440 g/mol. The molecule has 3 rings (SSSR count). The summed E-state index contributed by atoms with van der Waals surface area (Å²) in [6.07, 6.45) is 0. The average Bonchev–Trinajstić information content (AvgIpc) is 3.49. The van der Waals surface area contributed by atoms with Crippen molar-refractivity contribution < 1.29 is 19.8 Å². The fourth-order valence-corrected chi connectivity index (χ4v) is 5.57. The molecule has 2 aromatic carbocycles. The van der Waals surface area contributed by atoms with Gasteiger partial charge < -0.3 is 20.8 Å². The average molecular weight is 481 g/mol. The standard InChI is InChI=1S/C29H40N2O4/c1-27(2,3)21(17-32)31(22(18-33)28(4,5)6)26(35)29(25(30)34)23(19-13-9-7-10-14-19)24(29)20-15-11-8-12-16-20/h7-16,21-24,32-33H,17-18H2,1-6H3,(H2,30,34)/t21-,22-,23-,24-/m0/s1. The Labute approximate surface area is 209 Å². The maximum atomic E-state index is 14.7. The van der Waals surface area contributed by atoms with E-state index in [0.717, 1.165) is 11.1 Å². The van der Waals surface area contributed by atoms with Crippen molar-refractivity contribution in [3.63, 3.8) is 0 Å². The van der Waals surface area contributed by atoms with Crippen LogP contribution in [0.15, 0.2) is 60.7 Å². The Morgan fingerprint density at radius 3 is 1.40 bits per heavy atom. The number of rotatable bonds is 8. The van der Waals surface area contributed by atoms with Gasteiger partial charge in [-0.05, 0) is 22.0 Å². The molecule has 0 aromatic heterocycles. The molecule has 2 aromatic rings. The summed E-state index contributed by atoms with van der Waals surface area (Å²) >= 11 is 0. The minimum Gasteiger partial charge on any atom is -0.394 e. The lowest BCUT2D eigenvalue weighted by Crippen LogP contribution is -2.62. The zero-order chi connectivity index (χ0) is 26.2. The van der Waals surface area contributed by atoms with E-state index in [9.17, 15) is 19.8 Å². The number of nitrogens with zero attached hydrogens (tertiary/aromatic N) is 1. The van der Waals surface area contributed by atoms with Crippen LogP contribution in [0.1, 0.15) is 64.5 Å². The molecule has 2 amide bonds. The van der Waals surface area contributed by atoms with E-state index in [1.807, 2.05) is 102 Å². The second kappa shape index (κ2) is 9.75. The van der Waals surface area contributed by atoms with Gasteiger partial charge in [0.15, 0.2) is 0 Å². The van der Waals surface area contributed by atoms with Crippen molar-refractivity contribution in [2.75, 3.05) is 13.2 Å². The zero-order valence-corrected chi connectivity index (χ0v) is 21.7. The Bertz CT molecular complexity index is 957. The molecule has 190 valence electrons. The number of aliphatic hydroxyl groups is 2. The maximum Gasteiger partial charge on any atom is 0.240 e. The predicted molar refractivity (Wildman–Crippen MR) is 137 cm³/mol. The van der Waals surface area contributed by atoms with E-state index in [1.165, 1.54) is 0 Å². The third kappa shape index (κ3) is 4.74. The van der Waals surface area contributed by atoms with Crippen molar-refractivity contribution in [1.29, 1.82) is 0 Å². The second-order valence-electron chi connectivity index (χ2n) is 11.9.